The van der Waals surface area contributed by atoms with Crippen LogP contribution in [0, 0.1) is 16.7 Å². The molecule has 7 nitrogen and oxygen atoms in total. The van der Waals surface area contributed by atoms with Gasteiger partial charge in [0, 0.05) is 11.6 Å². The molecule has 2 heterocycles. The van der Waals surface area contributed by atoms with Crippen molar-refractivity contribution in [1.29, 1.82) is 10.7 Å². The molecule has 2 fully saturated rings. The number of aromatic nitrogens is 1. The highest BCUT2D eigenvalue weighted by Gasteiger charge is 2.34. The summed E-state index contributed by atoms with van der Waals surface area (Å²) in [5, 5.41) is 25.6. The van der Waals surface area contributed by atoms with Gasteiger partial charge < -0.3 is 15.4 Å². The largest absolute Gasteiger partial charge is 0.475 e. The predicted octanol–water partition coefficient (Wildman–Crippen LogP) is 5.20. The van der Waals surface area contributed by atoms with Crippen LogP contribution >= 0.6 is 0 Å². The zero-order valence-corrected chi connectivity index (χ0v) is 20.7. The summed E-state index contributed by atoms with van der Waals surface area (Å²) in [5.41, 5.74) is 2.99. The Kier molecular flexibility index (Phi) is 7.82. The van der Waals surface area contributed by atoms with E-state index in [2.05, 4.69) is 21.7 Å². The van der Waals surface area contributed by atoms with Crippen molar-refractivity contribution >= 4 is 18.0 Å². The Morgan fingerprint density at radius 2 is 1.91 bits per heavy atom. The fourth-order valence-electron chi connectivity index (χ4n) is 5.21. The van der Waals surface area contributed by atoms with E-state index in [-0.39, 0.29) is 18.0 Å². The lowest BCUT2D eigenvalue weighted by atomic mass is 9.74. The lowest BCUT2D eigenvalue weighted by Crippen LogP contribution is -2.38. The second-order valence-electron chi connectivity index (χ2n) is 9.93. The summed E-state index contributed by atoms with van der Waals surface area (Å²) in [6.07, 6.45) is 7.77. The average molecular weight is 474 g/mol. The minimum absolute atomic E-state index is 0.0363. The van der Waals surface area contributed by atoms with Crippen LogP contribution in [-0.2, 0) is 10.2 Å². The number of pyridine rings is 1. The smallest absolute Gasteiger partial charge is 0.217 e. The van der Waals surface area contributed by atoms with Crippen LogP contribution in [0.3, 0.4) is 0 Å². The van der Waals surface area contributed by atoms with Gasteiger partial charge in [0.15, 0.2) is 6.29 Å². The minimum Gasteiger partial charge on any atom is -0.475 e. The number of anilines is 1. The van der Waals surface area contributed by atoms with Gasteiger partial charge in [-0.15, -0.1) is 0 Å². The number of piperidine rings is 1. The highest BCUT2D eigenvalue weighted by Crippen LogP contribution is 2.36. The van der Waals surface area contributed by atoms with Crippen LogP contribution in [0.25, 0.3) is 11.1 Å². The zero-order chi connectivity index (χ0) is 24.8. The van der Waals surface area contributed by atoms with Crippen molar-refractivity contribution in [3.05, 3.63) is 47.2 Å². The van der Waals surface area contributed by atoms with Crippen LogP contribution in [0.2, 0.25) is 0 Å². The Morgan fingerprint density at radius 1 is 1.23 bits per heavy atom. The molecule has 3 N–H and O–H groups in total. The lowest BCUT2D eigenvalue weighted by molar-refractivity contribution is 0.111. The number of hydrogen-bond donors (Lipinski definition) is 3. The van der Waals surface area contributed by atoms with E-state index in [9.17, 15) is 10.1 Å². The molecule has 0 unspecified atom stereocenters. The van der Waals surface area contributed by atoms with Gasteiger partial charge in [0.2, 0.25) is 5.90 Å². The summed E-state index contributed by atoms with van der Waals surface area (Å²) in [6.45, 7) is 5.44. The molecular formula is C28H35N5O2. The third-order valence-electron chi connectivity index (χ3n) is 7.11. The molecule has 1 aromatic heterocycles. The summed E-state index contributed by atoms with van der Waals surface area (Å²) in [7, 11) is 0. The number of ether oxygens (including phenoxy) is 1. The monoisotopic (exact) mass is 473 g/mol. The van der Waals surface area contributed by atoms with Gasteiger partial charge in [-0.25, -0.2) is 4.98 Å². The summed E-state index contributed by atoms with van der Waals surface area (Å²) in [4.78, 5) is 16.4. The summed E-state index contributed by atoms with van der Waals surface area (Å²) < 4.78 is 5.82. The second kappa shape index (κ2) is 11.0. The van der Waals surface area contributed by atoms with E-state index in [1.165, 1.54) is 6.42 Å². The first-order valence-corrected chi connectivity index (χ1v) is 12.7. The number of aldehydes is 1. The van der Waals surface area contributed by atoms with Crippen LogP contribution < -0.4 is 10.6 Å². The molecule has 0 amide bonds. The van der Waals surface area contributed by atoms with E-state index in [0.29, 0.717) is 17.1 Å². The molecular weight excluding hydrogens is 438 g/mol. The van der Waals surface area contributed by atoms with Crippen molar-refractivity contribution in [2.75, 3.05) is 18.4 Å². The number of nitriles is 1. The van der Waals surface area contributed by atoms with Crippen molar-refractivity contribution < 1.29 is 9.53 Å². The molecule has 7 heteroatoms. The minimum atomic E-state index is -0.486. The van der Waals surface area contributed by atoms with Crippen LogP contribution in [0.5, 0.6) is 0 Å². The van der Waals surface area contributed by atoms with E-state index in [0.717, 1.165) is 74.6 Å². The Morgan fingerprint density at radius 3 is 2.51 bits per heavy atom. The lowest BCUT2D eigenvalue weighted by Gasteiger charge is -2.31. The molecule has 1 saturated heterocycles. The molecule has 0 radical (unpaired) electrons. The molecule has 184 valence electrons. The van der Waals surface area contributed by atoms with Gasteiger partial charge in [-0.3, -0.25) is 10.2 Å². The predicted molar refractivity (Wildman–Crippen MR) is 138 cm³/mol. The van der Waals surface area contributed by atoms with E-state index in [4.69, 9.17) is 10.1 Å². The molecule has 1 saturated carbocycles. The molecule has 2 aromatic rings. The zero-order valence-electron chi connectivity index (χ0n) is 20.7. The molecule has 4 rings (SSSR count). The van der Waals surface area contributed by atoms with Gasteiger partial charge in [-0.2, -0.15) is 5.26 Å². The third-order valence-corrected chi connectivity index (χ3v) is 7.11. The van der Waals surface area contributed by atoms with Crippen LogP contribution in [-0.4, -0.2) is 42.4 Å². The van der Waals surface area contributed by atoms with Crippen molar-refractivity contribution in [3.8, 4) is 17.2 Å². The SMILES string of the molecule is CC(C)OC(=N)c1c(-c2ccc(C3(C#N)CCNCC3)cc2)cc(C=O)nc1NC1CCCCC1. The standard InChI is InChI=1S/C28H35N5O2/c1-19(2)35-26(30)25-24(16-23(17-34)33-27(25)32-22-6-4-3-5-7-22)20-8-10-21(11-9-20)28(18-29)12-14-31-15-13-28/h8-11,16-17,19,22,30-31H,3-7,12-15H2,1-2H3,(H,32,33). The average Bonchev–Trinajstić information content (AvgIpc) is 2.89. The van der Waals surface area contributed by atoms with E-state index in [1.54, 1.807) is 6.07 Å². The Balaban J connectivity index is 1.77. The van der Waals surface area contributed by atoms with Crippen LogP contribution in [0.1, 0.15) is 80.4 Å². The number of benzene rings is 1. The molecule has 1 aliphatic heterocycles. The first-order valence-electron chi connectivity index (χ1n) is 12.7. The number of nitrogens with one attached hydrogen (secondary N) is 3. The Hall–Kier alpha value is -3.24. The molecule has 0 atom stereocenters. The molecule has 35 heavy (non-hydrogen) atoms. The maximum absolute atomic E-state index is 11.8. The van der Waals surface area contributed by atoms with E-state index < -0.39 is 5.41 Å². The van der Waals surface area contributed by atoms with Crippen LogP contribution in [0.15, 0.2) is 30.3 Å². The molecule has 1 aliphatic carbocycles. The maximum atomic E-state index is 11.8. The van der Waals surface area contributed by atoms with Gasteiger partial charge >= 0.3 is 0 Å². The van der Waals surface area contributed by atoms with E-state index in [1.807, 2.05) is 38.1 Å². The molecule has 1 aromatic carbocycles. The number of nitrogens with zero attached hydrogens (tertiary/aromatic N) is 2. The number of carbonyl (C=O) groups excluding carboxylic acids is 1. The molecule has 0 bridgehead atoms. The highest BCUT2D eigenvalue weighted by atomic mass is 16.5. The topological polar surface area (TPSA) is 111 Å². The first-order chi connectivity index (χ1) is 17.0. The van der Waals surface area contributed by atoms with Crippen molar-refractivity contribution in [1.82, 2.24) is 10.3 Å². The van der Waals surface area contributed by atoms with E-state index >= 15 is 0 Å². The second-order valence-corrected chi connectivity index (χ2v) is 9.93. The van der Waals surface area contributed by atoms with Crippen molar-refractivity contribution in [2.24, 2.45) is 0 Å². The quantitative estimate of drug-likeness (QED) is 0.290. The van der Waals surface area contributed by atoms with Crippen molar-refractivity contribution in [3.63, 3.8) is 0 Å². The van der Waals surface area contributed by atoms with Gasteiger partial charge in [0.25, 0.3) is 0 Å². The Labute approximate surface area is 207 Å². The normalized spacial score (nSPS) is 18.0. The number of rotatable bonds is 7. The summed E-state index contributed by atoms with van der Waals surface area (Å²) in [6, 6.07) is 12.5. The summed E-state index contributed by atoms with van der Waals surface area (Å²) in [5.74, 6) is 0.562. The van der Waals surface area contributed by atoms with Crippen LogP contribution in [0.4, 0.5) is 5.82 Å². The first kappa shape index (κ1) is 24.9. The van der Waals surface area contributed by atoms with Gasteiger partial charge in [-0.05, 0) is 69.8 Å². The number of hydrogen-bond acceptors (Lipinski definition) is 7. The Bertz CT molecular complexity index is 1090. The maximum Gasteiger partial charge on any atom is 0.217 e. The highest BCUT2D eigenvalue weighted by molar-refractivity contribution is 6.04. The summed E-state index contributed by atoms with van der Waals surface area (Å²) >= 11 is 0. The fraction of sp³-hybridized carbons (Fsp3) is 0.500. The van der Waals surface area contributed by atoms with Gasteiger partial charge in [0.1, 0.15) is 11.5 Å². The van der Waals surface area contributed by atoms with Gasteiger partial charge in [-0.1, -0.05) is 43.5 Å². The van der Waals surface area contributed by atoms with Gasteiger partial charge in [0.05, 0.1) is 23.2 Å². The van der Waals surface area contributed by atoms with Crippen molar-refractivity contribution in [2.45, 2.75) is 76.4 Å². The molecule has 2 aliphatic rings. The fourth-order valence-corrected chi connectivity index (χ4v) is 5.21. The third kappa shape index (κ3) is 5.54. The molecule has 0 spiro atoms. The number of carbonyl (C=O) groups is 1.